The fourth-order valence-corrected chi connectivity index (χ4v) is 5.47. The van der Waals surface area contributed by atoms with E-state index in [0.29, 0.717) is 15.7 Å². The van der Waals surface area contributed by atoms with Crippen molar-refractivity contribution in [1.82, 2.24) is 5.32 Å². The van der Waals surface area contributed by atoms with Crippen LogP contribution >= 0.6 is 23.5 Å². The monoisotopic (exact) mass is 377 g/mol. The van der Waals surface area contributed by atoms with Gasteiger partial charge in [-0.3, -0.25) is 4.79 Å². The van der Waals surface area contributed by atoms with Gasteiger partial charge in [-0.25, -0.2) is 4.39 Å². The lowest BCUT2D eigenvalue weighted by Gasteiger charge is -2.21. The van der Waals surface area contributed by atoms with Crippen LogP contribution in [0.25, 0.3) is 0 Å². The zero-order valence-electron chi connectivity index (χ0n) is 14.0. The maximum Gasteiger partial charge on any atom is 0.251 e. The van der Waals surface area contributed by atoms with Gasteiger partial charge in [0, 0.05) is 12.1 Å². The van der Waals surface area contributed by atoms with Crippen molar-refractivity contribution in [3.63, 3.8) is 0 Å². The second kappa shape index (κ2) is 8.63. The number of hydrogen-bond donors (Lipinski definition) is 1. The van der Waals surface area contributed by atoms with Gasteiger partial charge in [0.05, 0.1) is 11.7 Å². The summed E-state index contributed by atoms with van der Waals surface area (Å²) < 4.78 is 19.0. The second-order valence-corrected chi connectivity index (χ2v) is 8.43. The number of amides is 1. The predicted molar refractivity (Wildman–Crippen MR) is 103 cm³/mol. The molecule has 25 heavy (non-hydrogen) atoms. The molecule has 0 radical (unpaired) electrons. The zero-order valence-corrected chi connectivity index (χ0v) is 15.6. The molecule has 1 fully saturated rings. The first kappa shape index (κ1) is 18.1. The summed E-state index contributed by atoms with van der Waals surface area (Å²) in [6.45, 7) is 0.274. The van der Waals surface area contributed by atoms with Crippen LogP contribution in [0.3, 0.4) is 0 Å². The van der Waals surface area contributed by atoms with Crippen LogP contribution in [-0.4, -0.2) is 24.5 Å². The Kier molecular flexibility index (Phi) is 6.26. The summed E-state index contributed by atoms with van der Waals surface area (Å²) in [6, 6.07) is 12.4. The van der Waals surface area contributed by atoms with Crippen LogP contribution < -0.4 is 10.1 Å². The molecule has 1 aliphatic heterocycles. The first-order valence-electron chi connectivity index (χ1n) is 8.11. The van der Waals surface area contributed by atoms with Crippen LogP contribution in [-0.2, 0) is 6.54 Å². The van der Waals surface area contributed by atoms with Gasteiger partial charge in [-0.1, -0.05) is 18.2 Å². The first-order valence-corrected chi connectivity index (χ1v) is 10.2. The molecule has 0 saturated carbocycles. The molecular weight excluding hydrogens is 357 g/mol. The van der Waals surface area contributed by atoms with Crippen molar-refractivity contribution in [3.8, 4) is 5.75 Å². The lowest BCUT2D eigenvalue weighted by atomic mass is 10.1. The van der Waals surface area contributed by atoms with Gasteiger partial charge in [-0.2, -0.15) is 0 Å². The van der Waals surface area contributed by atoms with Gasteiger partial charge in [-0.05, 0) is 53.3 Å². The van der Waals surface area contributed by atoms with Crippen molar-refractivity contribution < 1.29 is 13.9 Å². The molecule has 0 aliphatic carbocycles. The highest BCUT2D eigenvalue weighted by Crippen LogP contribution is 2.43. The molecule has 3 rings (SSSR count). The number of thioether (sulfide) groups is 2. The lowest BCUT2D eigenvalue weighted by molar-refractivity contribution is 0.0951. The number of carbonyl (C=O) groups is 1. The molecule has 0 atom stereocenters. The molecule has 2 aromatic carbocycles. The molecule has 1 amide bonds. The Labute approximate surface area is 155 Å². The minimum Gasteiger partial charge on any atom is -0.494 e. The SMILES string of the molecule is COc1ccc(CNC(=O)c2ccc(C3SCCCS3)cc2)cc1F. The first-order chi connectivity index (χ1) is 12.2. The van der Waals surface area contributed by atoms with Crippen molar-refractivity contribution >= 4 is 29.4 Å². The summed E-state index contributed by atoms with van der Waals surface area (Å²) in [5.74, 6) is 1.99. The van der Waals surface area contributed by atoms with Crippen molar-refractivity contribution in [2.45, 2.75) is 17.5 Å². The Hall–Kier alpha value is -1.66. The number of nitrogens with one attached hydrogen (secondary N) is 1. The molecular formula is C19H20FNO2S2. The van der Waals surface area contributed by atoms with E-state index in [0.717, 1.165) is 0 Å². The number of rotatable bonds is 5. The molecule has 0 unspecified atom stereocenters. The van der Waals surface area contributed by atoms with E-state index in [1.165, 1.54) is 36.7 Å². The number of halogens is 1. The quantitative estimate of drug-likeness (QED) is 0.824. The highest BCUT2D eigenvalue weighted by atomic mass is 32.2. The van der Waals surface area contributed by atoms with Gasteiger partial charge in [0.15, 0.2) is 11.6 Å². The molecule has 6 heteroatoms. The summed E-state index contributed by atoms with van der Waals surface area (Å²) >= 11 is 3.92. The van der Waals surface area contributed by atoms with Crippen LogP contribution in [0.15, 0.2) is 42.5 Å². The highest BCUT2D eigenvalue weighted by Gasteiger charge is 2.17. The Morgan fingerprint density at radius 3 is 2.56 bits per heavy atom. The maximum atomic E-state index is 13.7. The molecule has 2 aromatic rings. The summed E-state index contributed by atoms with van der Waals surface area (Å²) in [6.07, 6.45) is 1.26. The molecule has 1 aliphatic rings. The topological polar surface area (TPSA) is 38.3 Å². The average molecular weight is 378 g/mol. The Bertz CT molecular complexity index is 731. The Morgan fingerprint density at radius 2 is 1.92 bits per heavy atom. The predicted octanol–water partition coefficient (Wildman–Crippen LogP) is 4.63. The standard InChI is InChI=1S/C19H20FNO2S2/c1-23-17-8-3-13(11-16(17)20)12-21-18(22)14-4-6-15(7-5-14)19-24-9-2-10-25-19/h3-8,11,19H,2,9-10,12H2,1H3,(H,21,22). The number of ether oxygens (including phenoxy) is 1. The van der Waals surface area contributed by atoms with E-state index in [-0.39, 0.29) is 18.2 Å². The molecule has 132 valence electrons. The lowest BCUT2D eigenvalue weighted by Crippen LogP contribution is -2.22. The van der Waals surface area contributed by atoms with Crippen molar-refractivity contribution in [2.24, 2.45) is 0 Å². The molecule has 1 N–H and O–H groups in total. The van der Waals surface area contributed by atoms with E-state index in [4.69, 9.17) is 4.74 Å². The third-order valence-electron chi connectivity index (χ3n) is 3.94. The second-order valence-electron chi connectivity index (χ2n) is 5.70. The van der Waals surface area contributed by atoms with Gasteiger partial charge < -0.3 is 10.1 Å². The summed E-state index contributed by atoms with van der Waals surface area (Å²) in [7, 11) is 1.42. The van der Waals surface area contributed by atoms with Gasteiger partial charge >= 0.3 is 0 Å². The summed E-state index contributed by atoms with van der Waals surface area (Å²) in [5.41, 5.74) is 2.56. The van der Waals surface area contributed by atoms with E-state index in [1.807, 2.05) is 47.8 Å². The molecule has 1 saturated heterocycles. The van der Waals surface area contributed by atoms with Gasteiger partial charge in [-0.15, -0.1) is 23.5 Å². The largest absolute Gasteiger partial charge is 0.494 e. The van der Waals surface area contributed by atoms with E-state index < -0.39 is 5.82 Å². The van der Waals surface area contributed by atoms with Crippen LogP contribution in [0.4, 0.5) is 4.39 Å². The smallest absolute Gasteiger partial charge is 0.251 e. The fraction of sp³-hybridized carbons (Fsp3) is 0.316. The number of methoxy groups -OCH3 is 1. The van der Waals surface area contributed by atoms with E-state index in [1.54, 1.807) is 12.1 Å². The molecule has 3 nitrogen and oxygen atoms in total. The fourth-order valence-electron chi connectivity index (χ4n) is 2.58. The zero-order chi connectivity index (χ0) is 17.6. The highest BCUT2D eigenvalue weighted by molar-refractivity contribution is 8.16. The van der Waals surface area contributed by atoms with Gasteiger partial charge in [0.1, 0.15) is 0 Å². The van der Waals surface area contributed by atoms with Gasteiger partial charge in [0.2, 0.25) is 0 Å². The molecule has 1 heterocycles. The third-order valence-corrected chi connectivity index (χ3v) is 6.96. The summed E-state index contributed by atoms with van der Waals surface area (Å²) in [4.78, 5) is 12.3. The average Bonchev–Trinajstić information content (AvgIpc) is 2.67. The number of benzene rings is 2. The van der Waals surface area contributed by atoms with Crippen LogP contribution in [0.1, 0.15) is 32.5 Å². The van der Waals surface area contributed by atoms with E-state index in [2.05, 4.69) is 5.32 Å². The van der Waals surface area contributed by atoms with E-state index >= 15 is 0 Å². The normalized spacial score (nSPS) is 15.0. The minimum absolute atomic E-state index is 0.160. The minimum atomic E-state index is -0.430. The number of hydrogen-bond acceptors (Lipinski definition) is 4. The van der Waals surface area contributed by atoms with Gasteiger partial charge in [0.25, 0.3) is 5.91 Å². The third kappa shape index (κ3) is 4.70. The Balaban J connectivity index is 1.58. The van der Waals surface area contributed by atoms with Crippen molar-refractivity contribution in [1.29, 1.82) is 0 Å². The van der Waals surface area contributed by atoms with Crippen molar-refractivity contribution in [3.05, 3.63) is 65.0 Å². The molecule has 0 spiro atoms. The maximum absolute atomic E-state index is 13.7. The molecule has 0 bridgehead atoms. The number of carbonyl (C=O) groups excluding carboxylic acids is 1. The van der Waals surface area contributed by atoms with Crippen LogP contribution in [0.5, 0.6) is 5.75 Å². The van der Waals surface area contributed by atoms with Crippen LogP contribution in [0.2, 0.25) is 0 Å². The van der Waals surface area contributed by atoms with Crippen LogP contribution in [0, 0.1) is 5.82 Å². The Morgan fingerprint density at radius 1 is 1.20 bits per heavy atom. The van der Waals surface area contributed by atoms with E-state index in [9.17, 15) is 9.18 Å². The summed E-state index contributed by atoms with van der Waals surface area (Å²) in [5, 5.41) is 2.82. The molecule has 0 aromatic heterocycles. The van der Waals surface area contributed by atoms with Crippen molar-refractivity contribution in [2.75, 3.05) is 18.6 Å².